The minimum absolute atomic E-state index is 0.646. The van der Waals surface area contributed by atoms with Gasteiger partial charge in [-0.25, -0.2) is 4.98 Å². The van der Waals surface area contributed by atoms with E-state index < -0.39 is 0 Å². The van der Waals surface area contributed by atoms with Crippen LogP contribution in [-0.4, -0.2) is 30.7 Å². The predicted molar refractivity (Wildman–Crippen MR) is 64.3 cm³/mol. The van der Waals surface area contributed by atoms with E-state index in [1.807, 2.05) is 12.3 Å². The fourth-order valence-electron chi connectivity index (χ4n) is 2.55. The van der Waals surface area contributed by atoms with Crippen molar-refractivity contribution in [3.05, 3.63) is 22.3 Å². The van der Waals surface area contributed by atoms with Gasteiger partial charge in [-0.2, -0.15) is 0 Å². The molecular weight excluding hydrogens is 254 g/mol. The van der Waals surface area contributed by atoms with E-state index in [0.717, 1.165) is 26.1 Å². The van der Waals surface area contributed by atoms with Crippen molar-refractivity contribution < 1.29 is 0 Å². The molecule has 3 rings (SSSR count). The second-order valence-electron chi connectivity index (χ2n) is 4.18. The predicted octanol–water partition coefficient (Wildman–Crippen LogP) is 1.57. The van der Waals surface area contributed by atoms with E-state index in [1.165, 1.54) is 22.3 Å². The van der Waals surface area contributed by atoms with Crippen molar-refractivity contribution in [3.63, 3.8) is 0 Å². The van der Waals surface area contributed by atoms with E-state index in [2.05, 4.69) is 31.1 Å². The van der Waals surface area contributed by atoms with Gasteiger partial charge in [-0.1, -0.05) is 15.9 Å². The third-order valence-electron chi connectivity index (χ3n) is 3.33. The Balaban J connectivity index is 2.03. The second-order valence-corrected chi connectivity index (χ2v) is 5.04. The molecule has 0 saturated carbocycles. The van der Waals surface area contributed by atoms with Gasteiger partial charge in [-0.3, -0.25) is 0 Å². The number of anilines is 1. The molecule has 0 aromatic carbocycles. The van der Waals surface area contributed by atoms with Gasteiger partial charge in [0.15, 0.2) is 0 Å². The average molecular weight is 268 g/mol. The molecule has 2 aliphatic rings. The lowest BCUT2D eigenvalue weighted by atomic mass is 9.97. The van der Waals surface area contributed by atoms with Crippen LogP contribution < -0.4 is 10.2 Å². The number of hydrogen-bond acceptors (Lipinski definition) is 3. The molecule has 0 amide bonds. The Morgan fingerprint density at radius 3 is 3.40 bits per heavy atom. The van der Waals surface area contributed by atoms with Crippen LogP contribution in [0.3, 0.4) is 0 Å². The van der Waals surface area contributed by atoms with Crippen LogP contribution in [0, 0.1) is 0 Å². The molecule has 15 heavy (non-hydrogen) atoms. The summed E-state index contributed by atoms with van der Waals surface area (Å²) in [5.41, 5.74) is 1.38. The van der Waals surface area contributed by atoms with E-state index in [9.17, 15) is 0 Å². The number of aromatic nitrogens is 1. The Hall–Kier alpha value is -0.610. The van der Waals surface area contributed by atoms with Gasteiger partial charge >= 0.3 is 0 Å². The molecule has 1 N–H and O–H groups in total. The zero-order valence-electron chi connectivity index (χ0n) is 8.54. The molecule has 2 aliphatic heterocycles. The molecule has 80 valence electrons. The number of hydrogen-bond donors (Lipinski definition) is 1. The highest BCUT2D eigenvalue weighted by Crippen LogP contribution is 2.33. The molecular formula is C11H14BrN3. The molecule has 0 spiro atoms. The number of halogens is 1. The largest absolute Gasteiger partial charge is 0.351 e. The maximum atomic E-state index is 4.53. The summed E-state index contributed by atoms with van der Waals surface area (Å²) in [5, 5.41) is 3.45. The highest BCUT2D eigenvalue weighted by Gasteiger charge is 2.29. The van der Waals surface area contributed by atoms with Gasteiger partial charge < -0.3 is 10.2 Å². The van der Waals surface area contributed by atoms with E-state index in [-0.39, 0.29) is 0 Å². The molecule has 1 aromatic heterocycles. The number of nitrogens with one attached hydrogen (secondary N) is 1. The van der Waals surface area contributed by atoms with Crippen molar-refractivity contribution in [2.75, 3.05) is 24.5 Å². The average Bonchev–Trinajstić information content (AvgIpc) is 2.29. The van der Waals surface area contributed by atoms with Gasteiger partial charge in [-0.05, 0) is 18.9 Å². The van der Waals surface area contributed by atoms with Crippen molar-refractivity contribution in [3.8, 4) is 0 Å². The third kappa shape index (κ3) is 1.56. The van der Waals surface area contributed by atoms with Gasteiger partial charge in [0.2, 0.25) is 0 Å². The fourth-order valence-corrected chi connectivity index (χ4v) is 3.04. The lowest BCUT2D eigenvalue weighted by Gasteiger charge is -2.41. The first kappa shape index (κ1) is 9.60. The van der Waals surface area contributed by atoms with Gasteiger partial charge in [0.1, 0.15) is 5.82 Å². The van der Waals surface area contributed by atoms with Crippen LogP contribution in [-0.2, 0) is 6.42 Å². The summed E-state index contributed by atoms with van der Waals surface area (Å²) in [4.78, 5) is 6.99. The number of nitrogens with zero attached hydrogens (tertiary/aromatic N) is 2. The number of pyridine rings is 1. The van der Waals surface area contributed by atoms with Gasteiger partial charge in [0.05, 0.1) is 0 Å². The number of fused-ring (bicyclic) bond motifs is 3. The summed E-state index contributed by atoms with van der Waals surface area (Å²) in [5.74, 6) is 1.20. The maximum absolute atomic E-state index is 4.53. The molecule has 3 nitrogen and oxygen atoms in total. The standard InChI is InChI=1S/C11H14BrN3/c12-10-3-4-14-11-9(10)2-1-8-7-13-5-6-15(8)11/h3-4,8,13H,1-2,5-7H2. The maximum Gasteiger partial charge on any atom is 0.133 e. The van der Waals surface area contributed by atoms with Crippen molar-refractivity contribution in [2.24, 2.45) is 0 Å². The monoisotopic (exact) mass is 267 g/mol. The number of piperazine rings is 1. The van der Waals surface area contributed by atoms with Crippen molar-refractivity contribution in [1.29, 1.82) is 0 Å². The van der Waals surface area contributed by atoms with E-state index >= 15 is 0 Å². The molecule has 1 unspecified atom stereocenters. The normalized spacial score (nSPS) is 24.6. The first-order valence-electron chi connectivity index (χ1n) is 5.47. The zero-order valence-corrected chi connectivity index (χ0v) is 10.1. The molecule has 1 atom stereocenters. The molecule has 1 saturated heterocycles. The van der Waals surface area contributed by atoms with Crippen LogP contribution in [0.25, 0.3) is 0 Å². The molecule has 1 fully saturated rings. The molecule has 1 aromatic rings. The lowest BCUT2D eigenvalue weighted by Crippen LogP contribution is -2.53. The Labute approximate surface area is 98.0 Å². The highest BCUT2D eigenvalue weighted by molar-refractivity contribution is 9.10. The number of rotatable bonds is 0. The summed E-state index contributed by atoms with van der Waals surface area (Å²) in [6, 6.07) is 2.69. The summed E-state index contributed by atoms with van der Waals surface area (Å²) in [7, 11) is 0. The highest BCUT2D eigenvalue weighted by atomic mass is 79.9. The third-order valence-corrected chi connectivity index (χ3v) is 4.07. The fraction of sp³-hybridized carbons (Fsp3) is 0.545. The molecule has 0 radical (unpaired) electrons. The van der Waals surface area contributed by atoms with Crippen molar-refractivity contribution in [2.45, 2.75) is 18.9 Å². The molecule has 3 heterocycles. The Bertz CT molecular complexity index is 380. The second kappa shape index (κ2) is 3.76. The van der Waals surface area contributed by atoms with Crippen LogP contribution in [0.4, 0.5) is 5.82 Å². The Morgan fingerprint density at radius 2 is 2.47 bits per heavy atom. The van der Waals surface area contributed by atoms with Crippen LogP contribution in [0.5, 0.6) is 0 Å². The van der Waals surface area contributed by atoms with Crippen LogP contribution in [0.2, 0.25) is 0 Å². The summed E-state index contributed by atoms with van der Waals surface area (Å²) < 4.78 is 1.21. The lowest BCUT2D eigenvalue weighted by molar-refractivity contribution is 0.435. The first-order chi connectivity index (χ1) is 7.36. The van der Waals surface area contributed by atoms with Crippen LogP contribution in [0.1, 0.15) is 12.0 Å². The van der Waals surface area contributed by atoms with E-state index in [0.29, 0.717) is 6.04 Å². The minimum Gasteiger partial charge on any atom is -0.351 e. The first-order valence-corrected chi connectivity index (χ1v) is 6.26. The minimum atomic E-state index is 0.646. The summed E-state index contributed by atoms with van der Waals surface area (Å²) in [6.07, 6.45) is 4.28. The van der Waals surface area contributed by atoms with Crippen LogP contribution in [0.15, 0.2) is 16.7 Å². The van der Waals surface area contributed by atoms with Crippen molar-refractivity contribution in [1.82, 2.24) is 10.3 Å². The summed E-state index contributed by atoms with van der Waals surface area (Å²) >= 11 is 3.62. The Morgan fingerprint density at radius 1 is 1.53 bits per heavy atom. The van der Waals surface area contributed by atoms with Crippen LogP contribution >= 0.6 is 15.9 Å². The SMILES string of the molecule is Brc1ccnc2c1CCC1CNCCN21. The van der Waals surface area contributed by atoms with E-state index in [1.54, 1.807) is 0 Å². The van der Waals surface area contributed by atoms with Gasteiger partial charge in [0, 0.05) is 41.9 Å². The summed E-state index contributed by atoms with van der Waals surface area (Å²) in [6.45, 7) is 3.26. The smallest absolute Gasteiger partial charge is 0.133 e. The zero-order chi connectivity index (χ0) is 10.3. The van der Waals surface area contributed by atoms with Gasteiger partial charge in [0.25, 0.3) is 0 Å². The topological polar surface area (TPSA) is 28.2 Å². The quantitative estimate of drug-likeness (QED) is 0.774. The van der Waals surface area contributed by atoms with Crippen molar-refractivity contribution >= 4 is 21.7 Å². The Kier molecular flexibility index (Phi) is 2.41. The molecule has 4 heteroatoms. The molecule has 0 aliphatic carbocycles. The van der Waals surface area contributed by atoms with Gasteiger partial charge in [-0.15, -0.1) is 0 Å². The molecule has 0 bridgehead atoms. The van der Waals surface area contributed by atoms with E-state index in [4.69, 9.17) is 0 Å².